The molecule has 4 rings (SSSR count). The number of ketones is 7. The van der Waals surface area contributed by atoms with Crippen LogP contribution in [0.25, 0.3) is 0 Å². The zero-order chi connectivity index (χ0) is 76.2. The van der Waals surface area contributed by atoms with Crippen molar-refractivity contribution in [2.75, 3.05) is 126 Å². The van der Waals surface area contributed by atoms with Crippen LogP contribution >= 0.6 is 0 Å². The maximum atomic E-state index is 15.3. The van der Waals surface area contributed by atoms with E-state index in [1.54, 1.807) is 19.2 Å². The fourth-order valence-corrected chi connectivity index (χ4v) is 14.4. The van der Waals surface area contributed by atoms with Gasteiger partial charge in [-0.1, -0.05) is 80.3 Å². The van der Waals surface area contributed by atoms with Gasteiger partial charge in [0.1, 0.15) is 37.2 Å². The molecule has 0 aliphatic carbocycles. The standard InChI is InChI=1S/C88H136N2O14/c1-14-89(15-2,16-3)54-31-26-39-75(91)49-56-99-60-63-102-84-66-74(67-85(87(84)104-65-62-101-59-58-98-13)103-64-61-100-57-50-76(92)40-27-32-55-90(17-4,18-5)19-6)80(93)44-21-20-22-48-86(97)88(51-28-23-45-81(94)77-41-33-36-68(7)71(77)10,52-29-24-46-82(95)78-42-34-37-69(8)72(78)11)53-30-25-47-83(96)79-43-35-38-70(9)73(79)12/h33-38,41-43,66-67H,14-32,39-40,44-65H2,1-13H3/q+2. The number of rotatable bonds is 63. The zero-order valence-electron chi connectivity index (χ0n) is 66.9. The van der Waals surface area contributed by atoms with Crippen LogP contribution < -0.4 is 14.2 Å². The molecule has 0 aliphatic rings. The van der Waals surface area contributed by atoms with Crippen molar-refractivity contribution in [1.29, 1.82) is 0 Å². The van der Waals surface area contributed by atoms with E-state index in [1.165, 1.54) is 0 Å². The van der Waals surface area contributed by atoms with Crippen molar-refractivity contribution in [1.82, 2.24) is 0 Å². The van der Waals surface area contributed by atoms with Crippen LogP contribution in [0.1, 0.15) is 277 Å². The number of benzene rings is 4. The molecule has 0 unspecified atom stereocenters. The van der Waals surface area contributed by atoms with Crippen molar-refractivity contribution in [3.05, 3.63) is 122 Å². The number of aryl methyl sites for hydroxylation is 3. The maximum absolute atomic E-state index is 15.3. The smallest absolute Gasteiger partial charge is 0.203 e. The minimum absolute atomic E-state index is 0.0934. The van der Waals surface area contributed by atoms with E-state index >= 15 is 4.79 Å². The van der Waals surface area contributed by atoms with Crippen LogP contribution in [-0.2, 0) is 33.3 Å². The van der Waals surface area contributed by atoms with Gasteiger partial charge in [-0.05, 0) is 206 Å². The van der Waals surface area contributed by atoms with Gasteiger partial charge in [0, 0.05) is 92.6 Å². The molecule has 0 amide bonds. The Morgan fingerprint density at radius 2 is 0.683 bits per heavy atom. The van der Waals surface area contributed by atoms with Crippen molar-refractivity contribution in [2.45, 2.75) is 244 Å². The molecule has 0 saturated heterocycles. The van der Waals surface area contributed by atoms with Gasteiger partial charge in [-0.25, -0.2) is 0 Å². The Bertz CT molecular complexity index is 2970. The van der Waals surface area contributed by atoms with Gasteiger partial charge >= 0.3 is 0 Å². The molecule has 0 heterocycles. The lowest BCUT2D eigenvalue weighted by Crippen LogP contribution is -2.48. The Kier molecular flexibility index (Phi) is 43.6. The molecule has 4 aromatic rings. The Morgan fingerprint density at radius 1 is 0.346 bits per heavy atom. The SMILES string of the molecule is CC[N+](CC)(CC)CCCCC(=O)CCOCCOc1cc(C(=O)CCCCCC(=O)C(CCCCC(=O)c2cccc(C)c2C)(CCCCC(=O)c2cccc(C)c2C)CCCCC(=O)c2cccc(C)c2C)cc(OCCOCCC(=O)CCCC[N+](CC)(CC)CC)c1OCCOCCOC. The van der Waals surface area contributed by atoms with Crippen LogP contribution in [0, 0.1) is 47.0 Å². The normalized spacial score (nSPS) is 11.9. The van der Waals surface area contributed by atoms with E-state index < -0.39 is 5.41 Å². The summed E-state index contributed by atoms with van der Waals surface area (Å²) in [7, 11) is 1.61. The summed E-state index contributed by atoms with van der Waals surface area (Å²) in [5, 5.41) is 0. The van der Waals surface area contributed by atoms with Gasteiger partial charge in [0.05, 0.1) is 98.6 Å². The van der Waals surface area contributed by atoms with Gasteiger partial charge in [-0.15, -0.1) is 0 Å². The van der Waals surface area contributed by atoms with E-state index in [4.69, 9.17) is 33.2 Å². The second-order valence-corrected chi connectivity index (χ2v) is 29.0. The molecule has 0 saturated carbocycles. The molecule has 0 aliphatic heterocycles. The zero-order valence-corrected chi connectivity index (χ0v) is 66.9. The molecule has 16 heteroatoms. The third-order valence-corrected chi connectivity index (χ3v) is 22.5. The molecule has 16 nitrogen and oxygen atoms in total. The van der Waals surface area contributed by atoms with E-state index in [9.17, 15) is 28.8 Å². The summed E-state index contributed by atoms with van der Waals surface area (Å²) in [5.41, 5.74) is 7.98. The fourth-order valence-electron chi connectivity index (χ4n) is 14.4. The minimum Gasteiger partial charge on any atom is -0.487 e. The monoisotopic (exact) mass is 1440 g/mol. The first-order chi connectivity index (χ1) is 50.1. The summed E-state index contributed by atoms with van der Waals surface area (Å²) in [5.74, 6) is 1.48. The molecule has 104 heavy (non-hydrogen) atoms. The molecule has 0 spiro atoms. The first kappa shape index (κ1) is 90.1. The minimum atomic E-state index is -0.741. The van der Waals surface area contributed by atoms with Crippen LogP contribution in [0.2, 0.25) is 0 Å². The third-order valence-electron chi connectivity index (χ3n) is 22.5. The van der Waals surface area contributed by atoms with Crippen molar-refractivity contribution in [2.24, 2.45) is 5.41 Å². The predicted molar refractivity (Wildman–Crippen MR) is 419 cm³/mol. The first-order valence-corrected chi connectivity index (χ1v) is 40.0. The fraction of sp³-hybridized carbons (Fsp3) is 0.648. The van der Waals surface area contributed by atoms with Gasteiger partial charge < -0.3 is 42.1 Å². The number of hydrogen-bond donors (Lipinski definition) is 0. The quantitative estimate of drug-likeness (QED) is 0.0231. The van der Waals surface area contributed by atoms with E-state index in [0.29, 0.717) is 147 Å². The van der Waals surface area contributed by atoms with Crippen molar-refractivity contribution < 1.29 is 75.7 Å². The highest BCUT2D eigenvalue weighted by atomic mass is 16.6. The van der Waals surface area contributed by atoms with Crippen LogP contribution in [0.4, 0.5) is 0 Å². The third kappa shape index (κ3) is 31.3. The van der Waals surface area contributed by atoms with Crippen LogP contribution in [0.5, 0.6) is 17.2 Å². The molecule has 580 valence electrons. The number of methoxy groups -OCH3 is 1. The number of ether oxygens (including phenoxy) is 7. The van der Waals surface area contributed by atoms with Gasteiger partial charge in [0.25, 0.3) is 0 Å². The second-order valence-electron chi connectivity index (χ2n) is 29.0. The highest BCUT2D eigenvalue weighted by molar-refractivity contribution is 5.99. The maximum Gasteiger partial charge on any atom is 0.203 e. The summed E-state index contributed by atoms with van der Waals surface area (Å²) in [6.45, 7) is 36.3. The largest absolute Gasteiger partial charge is 0.487 e. The van der Waals surface area contributed by atoms with E-state index in [0.717, 1.165) is 137 Å². The summed E-state index contributed by atoms with van der Waals surface area (Å²) in [6, 6.07) is 20.9. The number of hydrogen-bond acceptors (Lipinski definition) is 14. The van der Waals surface area contributed by atoms with Gasteiger partial charge in [-0.2, -0.15) is 0 Å². The average molecular weight is 1450 g/mol. The number of quaternary nitrogens is 2. The molecule has 0 aromatic heterocycles. The number of Topliss-reactive ketones (excluding diaryl/α,β-unsaturated/α-hetero) is 7. The highest BCUT2D eigenvalue weighted by Crippen LogP contribution is 2.42. The van der Waals surface area contributed by atoms with E-state index in [2.05, 4.69) is 41.5 Å². The molecule has 0 fully saturated rings. The Labute approximate surface area is 627 Å². The lowest BCUT2D eigenvalue weighted by atomic mass is 9.69. The molecule has 0 N–H and O–H groups in total. The lowest BCUT2D eigenvalue weighted by molar-refractivity contribution is -0.923. The number of carbonyl (C=O) groups excluding carboxylic acids is 7. The molecule has 0 radical (unpaired) electrons. The molecular weight excluding hydrogens is 1310 g/mol. The number of unbranched alkanes of at least 4 members (excludes halogenated alkanes) is 7. The summed E-state index contributed by atoms with van der Waals surface area (Å²) >= 11 is 0. The number of carbonyl (C=O) groups is 7. The number of nitrogens with zero attached hydrogens (tertiary/aromatic N) is 2. The summed E-state index contributed by atoms with van der Waals surface area (Å²) < 4.78 is 44.2. The average Bonchev–Trinajstić information content (AvgIpc) is 0.891. The lowest BCUT2D eigenvalue weighted by Gasteiger charge is -2.35. The second kappa shape index (κ2) is 50.3. The van der Waals surface area contributed by atoms with Gasteiger partial charge in [0.15, 0.2) is 34.6 Å². The molecule has 4 aromatic carbocycles. The highest BCUT2D eigenvalue weighted by Gasteiger charge is 2.36. The van der Waals surface area contributed by atoms with Crippen molar-refractivity contribution in [3.8, 4) is 17.2 Å². The van der Waals surface area contributed by atoms with Crippen molar-refractivity contribution in [3.63, 3.8) is 0 Å². The topological polar surface area (TPSA) is 184 Å². The van der Waals surface area contributed by atoms with Crippen LogP contribution in [-0.4, -0.2) is 175 Å². The van der Waals surface area contributed by atoms with E-state index in [-0.39, 0.29) is 117 Å². The summed E-state index contributed by atoms with van der Waals surface area (Å²) in [6.07, 6.45) is 14.3. The molecule has 0 atom stereocenters. The summed E-state index contributed by atoms with van der Waals surface area (Å²) in [4.78, 5) is 96.9. The Hall–Kier alpha value is -6.27. The van der Waals surface area contributed by atoms with Crippen LogP contribution in [0.15, 0.2) is 66.7 Å². The predicted octanol–water partition coefficient (Wildman–Crippen LogP) is 18.4. The first-order valence-electron chi connectivity index (χ1n) is 40.0. The Balaban J connectivity index is 1.55. The van der Waals surface area contributed by atoms with E-state index in [1.807, 2.05) is 96.1 Å². The van der Waals surface area contributed by atoms with Gasteiger partial charge in [0.2, 0.25) is 5.75 Å². The van der Waals surface area contributed by atoms with Crippen LogP contribution in [0.3, 0.4) is 0 Å². The molecular formula is C88H136N2O14+2. The van der Waals surface area contributed by atoms with Crippen molar-refractivity contribution >= 4 is 40.5 Å². The van der Waals surface area contributed by atoms with Gasteiger partial charge in [-0.3, -0.25) is 33.6 Å². The Morgan fingerprint density at radius 3 is 1.07 bits per heavy atom. The molecule has 0 bridgehead atoms.